The van der Waals surface area contributed by atoms with Gasteiger partial charge in [-0.1, -0.05) is 6.07 Å². The molecule has 7 heteroatoms. The first kappa shape index (κ1) is 13.8. The summed E-state index contributed by atoms with van der Waals surface area (Å²) in [6.07, 6.45) is 0.487. The van der Waals surface area contributed by atoms with Crippen molar-refractivity contribution in [3.05, 3.63) is 29.8 Å². The summed E-state index contributed by atoms with van der Waals surface area (Å²) in [6, 6.07) is 4.68. The van der Waals surface area contributed by atoms with E-state index in [0.29, 0.717) is 17.8 Å². The Bertz CT molecular complexity index is 787. The van der Waals surface area contributed by atoms with Gasteiger partial charge < -0.3 is 4.57 Å². The zero-order chi connectivity index (χ0) is 14.5. The molecule has 108 valence electrons. The maximum Gasteiger partial charge on any atom is 0.152 e. The molecule has 1 aromatic heterocycles. The van der Waals surface area contributed by atoms with Gasteiger partial charge in [-0.2, -0.15) is 0 Å². The molecule has 0 spiro atoms. The van der Waals surface area contributed by atoms with Crippen molar-refractivity contribution in [3.63, 3.8) is 0 Å². The van der Waals surface area contributed by atoms with Gasteiger partial charge in [0.2, 0.25) is 0 Å². The number of aromatic nitrogens is 2. The first-order valence-corrected chi connectivity index (χ1v) is 8.65. The summed E-state index contributed by atoms with van der Waals surface area (Å²) in [7, 11) is -3.07. The van der Waals surface area contributed by atoms with Gasteiger partial charge in [-0.15, -0.1) is 11.6 Å². The minimum absolute atomic E-state index is 0.0336. The Hall–Kier alpha value is -1.14. The molecule has 1 atom stereocenters. The molecule has 3 rings (SSSR count). The number of para-hydroxylation sites is 1. The fourth-order valence-corrected chi connectivity index (χ4v) is 5.27. The van der Waals surface area contributed by atoms with E-state index < -0.39 is 21.2 Å². The number of fused-ring (bicyclic) bond motifs is 1. The molecule has 0 amide bonds. The van der Waals surface area contributed by atoms with Crippen LogP contribution in [0.3, 0.4) is 0 Å². The molecule has 2 heterocycles. The number of hydrogen-bond donors (Lipinski definition) is 0. The van der Waals surface area contributed by atoms with Crippen LogP contribution in [0.25, 0.3) is 11.0 Å². The second-order valence-electron chi connectivity index (χ2n) is 5.44. The predicted molar refractivity (Wildman–Crippen MR) is 76.2 cm³/mol. The first-order chi connectivity index (χ1) is 9.36. The average Bonchev–Trinajstić information content (AvgIpc) is 2.89. The molecule has 2 aromatic rings. The van der Waals surface area contributed by atoms with Crippen LogP contribution in [-0.4, -0.2) is 29.5 Å². The van der Waals surface area contributed by atoms with Crippen molar-refractivity contribution >= 4 is 32.5 Å². The maximum absolute atomic E-state index is 13.8. The lowest BCUT2D eigenvalue weighted by Gasteiger charge is -2.27. The molecule has 0 N–H and O–H groups in total. The fraction of sp³-hybridized carbons (Fsp3) is 0.462. The van der Waals surface area contributed by atoms with Crippen molar-refractivity contribution in [3.8, 4) is 0 Å². The third-order valence-electron chi connectivity index (χ3n) is 3.85. The maximum atomic E-state index is 13.8. The number of alkyl halides is 1. The van der Waals surface area contributed by atoms with E-state index >= 15 is 0 Å². The van der Waals surface area contributed by atoms with Crippen molar-refractivity contribution in [2.75, 3.05) is 11.5 Å². The normalized spacial score (nSPS) is 25.4. The number of benzene rings is 1. The summed E-state index contributed by atoms with van der Waals surface area (Å²) < 4.78 is 39.2. The summed E-state index contributed by atoms with van der Waals surface area (Å²) in [5, 5.41) is 0. The van der Waals surface area contributed by atoms with Crippen molar-refractivity contribution in [1.82, 2.24) is 9.55 Å². The fourth-order valence-electron chi connectivity index (χ4n) is 2.98. The Labute approximate surface area is 121 Å². The summed E-state index contributed by atoms with van der Waals surface area (Å²) in [4.78, 5) is 4.23. The molecule has 20 heavy (non-hydrogen) atoms. The zero-order valence-electron chi connectivity index (χ0n) is 10.9. The topological polar surface area (TPSA) is 52.0 Å². The summed E-state index contributed by atoms with van der Waals surface area (Å²) in [6.45, 7) is 1.86. The third-order valence-corrected chi connectivity index (χ3v) is 5.97. The Morgan fingerprint density at radius 3 is 2.85 bits per heavy atom. The smallest absolute Gasteiger partial charge is 0.152 e. The van der Waals surface area contributed by atoms with E-state index in [1.54, 1.807) is 16.7 Å². The molecular formula is C13H14ClFN2O2S. The minimum atomic E-state index is -3.07. The number of halogens is 2. The lowest BCUT2D eigenvalue weighted by atomic mass is 10.0. The van der Waals surface area contributed by atoms with Crippen LogP contribution in [0, 0.1) is 5.82 Å². The highest BCUT2D eigenvalue weighted by Gasteiger charge is 2.41. The lowest BCUT2D eigenvalue weighted by Crippen LogP contribution is -2.32. The van der Waals surface area contributed by atoms with Crippen molar-refractivity contribution in [2.24, 2.45) is 0 Å². The first-order valence-electron chi connectivity index (χ1n) is 6.29. The van der Waals surface area contributed by atoms with Gasteiger partial charge in [0.15, 0.2) is 15.7 Å². The highest BCUT2D eigenvalue weighted by Crippen LogP contribution is 2.35. The van der Waals surface area contributed by atoms with Crippen LogP contribution in [0.15, 0.2) is 18.2 Å². The minimum Gasteiger partial charge on any atom is -0.320 e. The second-order valence-corrected chi connectivity index (χ2v) is 7.89. The summed E-state index contributed by atoms with van der Waals surface area (Å²) >= 11 is 5.91. The number of nitrogens with zero attached hydrogens (tertiary/aromatic N) is 2. The largest absolute Gasteiger partial charge is 0.320 e. The number of sulfone groups is 1. The van der Waals surface area contributed by atoms with Gasteiger partial charge in [0, 0.05) is 0 Å². The zero-order valence-corrected chi connectivity index (χ0v) is 12.5. The standard InChI is InChI=1S/C13H14ClFN2O2S/c1-13(5-6-20(18,19)8-13)17-10-4-2-3-9(15)12(10)16-11(17)7-14/h2-4H,5-8H2,1H3. The monoisotopic (exact) mass is 316 g/mol. The van der Waals surface area contributed by atoms with Crippen LogP contribution in [-0.2, 0) is 21.3 Å². The summed E-state index contributed by atoms with van der Waals surface area (Å²) in [5.41, 5.74) is 0.222. The van der Waals surface area contributed by atoms with Crippen LogP contribution in [0.4, 0.5) is 4.39 Å². The Kier molecular flexibility index (Phi) is 3.06. The number of imidazole rings is 1. The van der Waals surface area contributed by atoms with Gasteiger partial charge in [-0.05, 0) is 25.5 Å². The van der Waals surface area contributed by atoms with E-state index in [9.17, 15) is 12.8 Å². The quantitative estimate of drug-likeness (QED) is 0.800. The lowest BCUT2D eigenvalue weighted by molar-refractivity contribution is 0.367. The Balaban J connectivity index is 2.28. The van der Waals surface area contributed by atoms with Gasteiger partial charge in [0.25, 0.3) is 0 Å². The highest BCUT2D eigenvalue weighted by atomic mass is 35.5. The summed E-state index contributed by atoms with van der Waals surface area (Å²) in [5.74, 6) is 0.374. The van der Waals surface area contributed by atoms with Crippen molar-refractivity contribution in [1.29, 1.82) is 0 Å². The van der Waals surface area contributed by atoms with Crippen LogP contribution < -0.4 is 0 Å². The van der Waals surface area contributed by atoms with Gasteiger partial charge in [0.05, 0.1) is 28.4 Å². The molecule has 0 aliphatic carbocycles. The van der Waals surface area contributed by atoms with E-state index in [0.717, 1.165) is 0 Å². The SMILES string of the molecule is CC1(n2c(CCl)nc3c(F)cccc32)CCS(=O)(=O)C1. The van der Waals surface area contributed by atoms with E-state index in [1.165, 1.54) is 6.07 Å². The number of rotatable bonds is 2. The molecule has 4 nitrogen and oxygen atoms in total. The van der Waals surface area contributed by atoms with Crippen molar-refractivity contribution < 1.29 is 12.8 Å². The van der Waals surface area contributed by atoms with E-state index in [2.05, 4.69) is 4.98 Å². The molecule has 1 aliphatic heterocycles. The van der Waals surface area contributed by atoms with Crippen LogP contribution in [0.1, 0.15) is 19.2 Å². The third kappa shape index (κ3) is 2.02. The van der Waals surface area contributed by atoms with E-state index in [-0.39, 0.29) is 22.9 Å². The second kappa shape index (κ2) is 4.43. The molecule has 1 fully saturated rings. The Morgan fingerprint density at radius 1 is 1.50 bits per heavy atom. The molecule has 0 radical (unpaired) electrons. The molecule has 0 bridgehead atoms. The molecule has 1 unspecified atom stereocenters. The molecule has 0 saturated carbocycles. The molecule has 1 aromatic carbocycles. The van der Waals surface area contributed by atoms with Gasteiger partial charge >= 0.3 is 0 Å². The van der Waals surface area contributed by atoms with Crippen molar-refractivity contribution in [2.45, 2.75) is 24.8 Å². The molecular weight excluding hydrogens is 303 g/mol. The van der Waals surface area contributed by atoms with Gasteiger partial charge in [0.1, 0.15) is 11.3 Å². The Morgan fingerprint density at radius 2 is 2.25 bits per heavy atom. The molecule has 1 saturated heterocycles. The van der Waals surface area contributed by atoms with E-state index in [4.69, 9.17) is 11.6 Å². The highest BCUT2D eigenvalue weighted by molar-refractivity contribution is 7.91. The van der Waals surface area contributed by atoms with Gasteiger partial charge in [-0.25, -0.2) is 17.8 Å². The average molecular weight is 317 g/mol. The van der Waals surface area contributed by atoms with Crippen LogP contribution in [0.5, 0.6) is 0 Å². The number of hydrogen-bond acceptors (Lipinski definition) is 3. The van der Waals surface area contributed by atoms with E-state index in [1.807, 2.05) is 6.92 Å². The van der Waals surface area contributed by atoms with Crippen LogP contribution >= 0.6 is 11.6 Å². The van der Waals surface area contributed by atoms with Gasteiger partial charge in [-0.3, -0.25) is 0 Å². The van der Waals surface area contributed by atoms with Crippen LogP contribution in [0.2, 0.25) is 0 Å². The molecule has 1 aliphatic rings. The predicted octanol–water partition coefficient (Wildman–Crippen LogP) is 2.45.